The van der Waals surface area contributed by atoms with Gasteiger partial charge >= 0.3 is 5.97 Å². The fraction of sp³-hybridized carbons (Fsp3) is 0.647. The summed E-state index contributed by atoms with van der Waals surface area (Å²) in [7, 11) is 0. The molecule has 1 aliphatic carbocycles. The van der Waals surface area contributed by atoms with Gasteiger partial charge in [-0.3, -0.25) is 9.59 Å². The van der Waals surface area contributed by atoms with Crippen LogP contribution >= 0.6 is 11.3 Å². The number of carbonyl (C=O) groups is 2. The standard InChI is InChI=1S/C17H24O3S/c1-16(2,3)14-7-6-13(21-14)12(18)10-17(11-15(19)20)8-4-5-9-17/h6-7H,4-5,8-11H2,1-3H3,(H,19,20). The topological polar surface area (TPSA) is 54.4 Å². The van der Waals surface area contributed by atoms with E-state index >= 15 is 0 Å². The third-order valence-electron chi connectivity index (χ3n) is 4.35. The van der Waals surface area contributed by atoms with Crippen LogP contribution in [0.25, 0.3) is 0 Å². The Hall–Kier alpha value is -1.16. The molecule has 1 aliphatic rings. The molecule has 0 bridgehead atoms. The number of carbonyl (C=O) groups excluding carboxylic acids is 1. The average molecular weight is 308 g/mol. The molecule has 2 rings (SSSR count). The van der Waals surface area contributed by atoms with Crippen molar-refractivity contribution in [1.29, 1.82) is 0 Å². The number of ketones is 1. The molecule has 0 saturated heterocycles. The maximum Gasteiger partial charge on any atom is 0.303 e. The van der Waals surface area contributed by atoms with Gasteiger partial charge in [-0.25, -0.2) is 0 Å². The lowest BCUT2D eigenvalue weighted by Crippen LogP contribution is -2.24. The molecule has 0 radical (unpaired) electrons. The van der Waals surface area contributed by atoms with Crippen LogP contribution in [0, 0.1) is 5.41 Å². The first kappa shape index (κ1) is 16.2. The van der Waals surface area contributed by atoms with Crippen molar-refractivity contribution in [3.8, 4) is 0 Å². The van der Waals surface area contributed by atoms with E-state index in [0.29, 0.717) is 6.42 Å². The minimum atomic E-state index is -0.786. The molecule has 0 spiro atoms. The number of thiophene rings is 1. The Morgan fingerprint density at radius 1 is 1.19 bits per heavy atom. The van der Waals surface area contributed by atoms with E-state index in [1.807, 2.05) is 12.1 Å². The first-order chi connectivity index (χ1) is 9.72. The molecule has 1 aromatic rings. The predicted molar refractivity (Wildman–Crippen MR) is 85.1 cm³/mol. The van der Waals surface area contributed by atoms with Crippen molar-refractivity contribution in [2.75, 3.05) is 0 Å². The Labute approximate surface area is 130 Å². The normalized spacial score (nSPS) is 17.9. The van der Waals surface area contributed by atoms with Crippen LogP contribution in [0.4, 0.5) is 0 Å². The summed E-state index contributed by atoms with van der Waals surface area (Å²) in [6, 6.07) is 3.92. The average Bonchev–Trinajstić information content (AvgIpc) is 2.95. The van der Waals surface area contributed by atoms with E-state index in [9.17, 15) is 9.59 Å². The molecule has 1 heterocycles. The zero-order chi connectivity index (χ0) is 15.7. The van der Waals surface area contributed by atoms with Gasteiger partial charge in [-0.2, -0.15) is 0 Å². The lowest BCUT2D eigenvalue weighted by Gasteiger charge is -2.25. The van der Waals surface area contributed by atoms with Crippen molar-refractivity contribution in [1.82, 2.24) is 0 Å². The number of carboxylic acid groups (broad SMARTS) is 1. The van der Waals surface area contributed by atoms with E-state index in [-0.39, 0.29) is 23.0 Å². The summed E-state index contributed by atoms with van der Waals surface area (Å²) < 4.78 is 0. The molecule has 21 heavy (non-hydrogen) atoms. The summed E-state index contributed by atoms with van der Waals surface area (Å²) >= 11 is 1.55. The summed E-state index contributed by atoms with van der Waals surface area (Å²) in [6.07, 6.45) is 4.31. The van der Waals surface area contributed by atoms with Crippen molar-refractivity contribution in [2.24, 2.45) is 5.41 Å². The van der Waals surface area contributed by atoms with Crippen LogP contribution in [0.2, 0.25) is 0 Å². The third kappa shape index (κ3) is 3.94. The first-order valence-electron chi connectivity index (χ1n) is 7.57. The van der Waals surface area contributed by atoms with E-state index in [2.05, 4.69) is 20.8 Å². The van der Waals surface area contributed by atoms with Gasteiger partial charge in [0.1, 0.15) is 0 Å². The Morgan fingerprint density at radius 3 is 2.29 bits per heavy atom. The van der Waals surface area contributed by atoms with Crippen molar-refractivity contribution < 1.29 is 14.7 Å². The van der Waals surface area contributed by atoms with Crippen LogP contribution in [0.1, 0.15) is 73.8 Å². The van der Waals surface area contributed by atoms with Crippen molar-refractivity contribution in [2.45, 2.75) is 64.7 Å². The van der Waals surface area contributed by atoms with Gasteiger partial charge < -0.3 is 5.11 Å². The fourth-order valence-electron chi connectivity index (χ4n) is 3.18. The number of rotatable bonds is 5. The molecule has 1 aromatic heterocycles. The van der Waals surface area contributed by atoms with Crippen LogP contribution in [0.3, 0.4) is 0 Å². The summed E-state index contributed by atoms with van der Waals surface area (Å²) in [6.45, 7) is 6.40. The maximum atomic E-state index is 12.5. The molecule has 0 unspecified atom stereocenters. The summed E-state index contributed by atoms with van der Waals surface area (Å²) in [5.41, 5.74) is -0.260. The second-order valence-electron chi connectivity index (χ2n) is 7.29. The maximum absolute atomic E-state index is 12.5. The molecule has 1 N–H and O–H groups in total. The van der Waals surface area contributed by atoms with Crippen LogP contribution in [-0.2, 0) is 10.2 Å². The molecular formula is C17H24O3S. The Balaban J connectivity index is 2.12. The highest BCUT2D eigenvalue weighted by molar-refractivity contribution is 7.14. The number of Topliss-reactive ketones (excluding diaryl/α,β-unsaturated/α-hetero) is 1. The van der Waals surface area contributed by atoms with Gasteiger partial charge in [-0.1, -0.05) is 33.6 Å². The summed E-state index contributed by atoms with van der Waals surface area (Å²) in [5, 5.41) is 9.12. The van der Waals surface area contributed by atoms with Crippen molar-refractivity contribution in [3.63, 3.8) is 0 Å². The molecule has 1 fully saturated rings. The SMILES string of the molecule is CC(C)(C)c1ccc(C(=O)CC2(CC(=O)O)CCCC2)s1. The van der Waals surface area contributed by atoms with E-state index < -0.39 is 5.97 Å². The molecular weight excluding hydrogens is 284 g/mol. The summed E-state index contributed by atoms with van der Waals surface area (Å²) in [5.74, 6) is -0.676. The van der Waals surface area contributed by atoms with Gasteiger partial charge in [0, 0.05) is 11.3 Å². The number of hydrogen-bond donors (Lipinski definition) is 1. The van der Waals surface area contributed by atoms with Crippen LogP contribution in [0.5, 0.6) is 0 Å². The molecule has 116 valence electrons. The highest BCUT2D eigenvalue weighted by Gasteiger charge is 2.38. The van der Waals surface area contributed by atoms with E-state index in [0.717, 1.165) is 30.6 Å². The Morgan fingerprint density at radius 2 is 1.81 bits per heavy atom. The van der Waals surface area contributed by atoms with E-state index in [1.54, 1.807) is 11.3 Å². The highest BCUT2D eigenvalue weighted by Crippen LogP contribution is 2.45. The van der Waals surface area contributed by atoms with Gasteiger partial charge in [-0.05, 0) is 35.8 Å². The minimum Gasteiger partial charge on any atom is -0.481 e. The number of aliphatic carboxylic acids is 1. The second kappa shape index (κ2) is 5.91. The molecule has 3 nitrogen and oxygen atoms in total. The Bertz CT molecular complexity index is 530. The summed E-state index contributed by atoms with van der Waals surface area (Å²) in [4.78, 5) is 25.6. The highest BCUT2D eigenvalue weighted by atomic mass is 32.1. The second-order valence-corrected chi connectivity index (χ2v) is 8.38. The van der Waals surface area contributed by atoms with Gasteiger partial charge in [0.15, 0.2) is 5.78 Å². The largest absolute Gasteiger partial charge is 0.481 e. The lowest BCUT2D eigenvalue weighted by molar-refractivity contribution is -0.139. The zero-order valence-electron chi connectivity index (χ0n) is 13.1. The fourth-order valence-corrected chi connectivity index (χ4v) is 4.18. The van der Waals surface area contributed by atoms with Gasteiger partial charge in [0.2, 0.25) is 0 Å². The smallest absolute Gasteiger partial charge is 0.303 e. The first-order valence-corrected chi connectivity index (χ1v) is 8.39. The third-order valence-corrected chi connectivity index (χ3v) is 5.90. The number of carboxylic acids is 1. The molecule has 1 saturated carbocycles. The number of hydrogen-bond acceptors (Lipinski definition) is 3. The molecule has 0 amide bonds. The monoisotopic (exact) mass is 308 g/mol. The van der Waals surface area contributed by atoms with Gasteiger partial charge in [0.05, 0.1) is 11.3 Å². The quantitative estimate of drug-likeness (QED) is 0.805. The molecule has 4 heteroatoms. The zero-order valence-corrected chi connectivity index (χ0v) is 13.9. The lowest BCUT2D eigenvalue weighted by atomic mass is 9.78. The van der Waals surface area contributed by atoms with Crippen LogP contribution in [-0.4, -0.2) is 16.9 Å². The van der Waals surface area contributed by atoms with Gasteiger partial charge in [-0.15, -0.1) is 11.3 Å². The predicted octanol–water partition coefficient (Wildman–Crippen LogP) is 4.65. The minimum absolute atomic E-state index is 0.0509. The molecule has 0 aliphatic heterocycles. The van der Waals surface area contributed by atoms with Crippen LogP contribution in [0.15, 0.2) is 12.1 Å². The molecule has 0 atom stereocenters. The van der Waals surface area contributed by atoms with Crippen LogP contribution < -0.4 is 0 Å². The Kier molecular flexibility index (Phi) is 4.57. The molecule has 0 aromatic carbocycles. The van der Waals surface area contributed by atoms with E-state index in [4.69, 9.17) is 5.11 Å². The van der Waals surface area contributed by atoms with Gasteiger partial charge in [0.25, 0.3) is 0 Å². The van der Waals surface area contributed by atoms with E-state index in [1.165, 1.54) is 4.88 Å². The van der Waals surface area contributed by atoms with Crippen molar-refractivity contribution in [3.05, 3.63) is 21.9 Å². The van der Waals surface area contributed by atoms with Crippen molar-refractivity contribution >= 4 is 23.1 Å².